The van der Waals surface area contributed by atoms with Crippen LogP contribution < -0.4 is 10.6 Å². The minimum atomic E-state index is 0.129. The number of aliphatic hydroxyl groups is 1. The lowest BCUT2D eigenvalue weighted by molar-refractivity contribution is -0.120. The number of aliphatic hydroxyl groups excluding tert-OH is 1. The van der Waals surface area contributed by atoms with Crippen LogP contribution in [-0.4, -0.2) is 36.8 Å². The van der Waals surface area contributed by atoms with Gasteiger partial charge in [-0.1, -0.05) is 12.2 Å². The molecule has 1 atom stereocenters. The van der Waals surface area contributed by atoms with Gasteiger partial charge in [0.2, 0.25) is 5.91 Å². The van der Waals surface area contributed by atoms with Crippen LogP contribution in [0.3, 0.4) is 0 Å². The zero-order valence-corrected chi connectivity index (χ0v) is 9.33. The van der Waals surface area contributed by atoms with E-state index in [-0.39, 0.29) is 18.6 Å². The Bertz CT molecular complexity index is 334. The third kappa shape index (κ3) is 2.71. The molecule has 2 aliphatic heterocycles. The maximum atomic E-state index is 11.2. The molecule has 0 saturated carbocycles. The topological polar surface area (TPSA) is 61.4 Å². The molecule has 88 valence electrons. The van der Waals surface area contributed by atoms with Gasteiger partial charge < -0.3 is 15.7 Å². The Kier molecular flexibility index (Phi) is 3.74. The predicted octanol–water partition coefficient (Wildman–Crippen LogP) is 0.103. The van der Waals surface area contributed by atoms with E-state index in [1.54, 1.807) is 0 Å². The summed E-state index contributed by atoms with van der Waals surface area (Å²) in [4.78, 5) is 11.2. The number of allylic oxidation sites excluding steroid dienone is 1. The molecule has 4 nitrogen and oxygen atoms in total. The summed E-state index contributed by atoms with van der Waals surface area (Å²) >= 11 is 0. The lowest BCUT2D eigenvalue weighted by Crippen LogP contribution is -2.37. The van der Waals surface area contributed by atoms with E-state index in [1.165, 1.54) is 11.1 Å². The smallest absolute Gasteiger partial charge is 0.220 e. The molecule has 0 bridgehead atoms. The van der Waals surface area contributed by atoms with E-state index in [2.05, 4.69) is 22.8 Å². The van der Waals surface area contributed by atoms with E-state index >= 15 is 0 Å². The van der Waals surface area contributed by atoms with E-state index < -0.39 is 0 Å². The molecule has 0 unspecified atom stereocenters. The van der Waals surface area contributed by atoms with Crippen LogP contribution in [0.1, 0.15) is 19.3 Å². The summed E-state index contributed by atoms with van der Waals surface area (Å²) in [7, 11) is 0. The van der Waals surface area contributed by atoms with Crippen LogP contribution in [0.15, 0.2) is 23.3 Å². The molecule has 0 aromatic heterocycles. The molecule has 2 aliphatic rings. The van der Waals surface area contributed by atoms with Crippen LogP contribution >= 0.6 is 0 Å². The zero-order valence-electron chi connectivity index (χ0n) is 9.33. The van der Waals surface area contributed by atoms with E-state index in [1.807, 2.05) is 0 Å². The number of carbonyl (C=O) groups excluding carboxylic acids is 1. The molecular formula is C12H18N2O2. The quantitative estimate of drug-likeness (QED) is 0.621. The van der Waals surface area contributed by atoms with Crippen molar-refractivity contribution in [3.8, 4) is 0 Å². The number of hydrogen-bond donors (Lipinski definition) is 3. The molecule has 0 saturated heterocycles. The fourth-order valence-corrected chi connectivity index (χ4v) is 2.05. The van der Waals surface area contributed by atoms with Crippen molar-refractivity contribution in [2.24, 2.45) is 0 Å². The number of rotatable bonds is 2. The highest BCUT2D eigenvalue weighted by Crippen LogP contribution is 2.17. The number of amides is 1. The predicted molar refractivity (Wildman–Crippen MR) is 61.9 cm³/mol. The van der Waals surface area contributed by atoms with Crippen molar-refractivity contribution in [2.45, 2.75) is 25.3 Å². The van der Waals surface area contributed by atoms with Crippen molar-refractivity contribution >= 4 is 5.91 Å². The van der Waals surface area contributed by atoms with Crippen molar-refractivity contribution in [1.29, 1.82) is 0 Å². The fourth-order valence-electron chi connectivity index (χ4n) is 2.05. The molecule has 4 heteroatoms. The summed E-state index contributed by atoms with van der Waals surface area (Å²) in [6, 6.07) is 0.185. The van der Waals surface area contributed by atoms with Gasteiger partial charge in [0, 0.05) is 25.6 Å². The molecule has 0 aromatic carbocycles. The highest BCUT2D eigenvalue weighted by atomic mass is 16.3. The molecule has 16 heavy (non-hydrogen) atoms. The minimum Gasteiger partial charge on any atom is -0.395 e. The molecular weight excluding hydrogens is 204 g/mol. The largest absolute Gasteiger partial charge is 0.395 e. The van der Waals surface area contributed by atoms with Crippen LogP contribution in [0.2, 0.25) is 0 Å². The van der Waals surface area contributed by atoms with Gasteiger partial charge in [-0.05, 0) is 24.0 Å². The fraction of sp³-hybridized carbons (Fsp3) is 0.583. The van der Waals surface area contributed by atoms with Crippen LogP contribution in [0.4, 0.5) is 0 Å². The van der Waals surface area contributed by atoms with Gasteiger partial charge in [-0.15, -0.1) is 0 Å². The van der Waals surface area contributed by atoms with E-state index in [0.717, 1.165) is 19.4 Å². The van der Waals surface area contributed by atoms with Gasteiger partial charge in [-0.2, -0.15) is 0 Å². The van der Waals surface area contributed by atoms with Gasteiger partial charge in [0.15, 0.2) is 0 Å². The Morgan fingerprint density at radius 2 is 2.12 bits per heavy atom. The molecule has 0 radical (unpaired) electrons. The Hall–Kier alpha value is -1.13. The van der Waals surface area contributed by atoms with Gasteiger partial charge in [-0.25, -0.2) is 0 Å². The Balaban J connectivity index is 2.00. The highest BCUT2D eigenvalue weighted by molar-refractivity contribution is 5.77. The average molecular weight is 222 g/mol. The van der Waals surface area contributed by atoms with Gasteiger partial charge in [0.25, 0.3) is 0 Å². The summed E-state index contributed by atoms with van der Waals surface area (Å²) in [6.07, 6.45) is 6.58. The van der Waals surface area contributed by atoms with Gasteiger partial charge in [0.1, 0.15) is 0 Å². The first-order valence-corrected chi connectivity index (χ1v) is 5.79. The number of carbonyl (C=O) groups is 1. The molecule has 3 N–H and O–H groups in total. The SMILES string of the molecule is O=C1CCC=C(C2=CC[C@H](CO)NC2)CN1. The molecule has 2 rings (SSSR count). The standard InChI is InChI=1S/C12H18N2O2/c15-8-11-5-4-10(6-13-11)9-2-1-3-12(16)14-7-9/h2,4,11,13,15H,1,3,5-8H2,(H,14,16)/t11-/m1/s1. The third-order valence-electron chi connectivity index (χ3n) is 3.10. The first-order chi connectivity index (χ1) is 7.79. The van der Waals surface area contributed by atoms with Crippen molar-refractivity contribution in [2.75, 3.05) is 19.7 Å². The maximum absolute atomic E-state index is 11.2. The summed E-state index contributed by atoms with van der Waals surface area (Å²) in [5.74, 6) is 0.129. The summed E-state index contributed by atoms with van der Waals surface area (Å²) in [6.45, 7) is 1.60. The second-order valence-corrected chi connectivity index (χ2v) is 4.27. The monoisotopic (exact) mass is 222 g/mol. The Labute approximate surface area is 95.4 Å². The van der Waals surface area contributed by atoms with Crippen molar-refractivity contribution < 1.29 is 9.90 Å². The zero-order chi connectivity index (χ0) is 11.4. The van der Waals surface area contributed by atoms with Crippen LogP contribution in [0.5, 0.6) is 0 Å². The summed E-state index contributed by atoms with van der Waals surface area (Å²) in [5.41, 5.74) is 2.47. The van der Waals surface area contributed by atoms with Crippen LogP contribution in [0, 0.1) is 0 Å². The number of nitrogens with one attached hydrogen (secondary N) is 2. The Morgan fingerprint density at radius 1 is 1.31 bits per heavy atom. The van der Waals surface area contributed by atoms with E-state index in [0.29, 0.717) is 13.0 Å². The van der Waals surface area contributed by atoms with Crippen molar-refractivity contribution in [1.82, 2.24) is 10.6 Å². The minimum absolute atomic E-state index is 0.129. The molecule has 0 fully saturated rings. The third-order valence-corrected chi connectivity index (χ3v) is 3.10. The van der Waals surface area contributed by atoms with Gasteiger partial charge in [0.05, 0.1) is 6.61 Å². The molecule has 0 spiro atoms. The maximum Gasteiger partial charge on any atom is 0.220 e. The first-order valence-electron chi connectivity index (χ1n) is 5.79. The lowest BCUT2D eigenvalue weighted by Gasteiger charge is -2.23. The van der Waals surface area contributed by atoms with Crippen molar-refractivity contribution in [3.05, 3.63) is 23.3 Å². The second-order valence-electron chi connectivity index (χ2n) is 4.27. The molecule has 0 aromatic rings. The summed E-state index contributed by atoms with van der Waals surface area (Å²) < 4.78 is 0. The van der Waals surface area contributed by atoms with E-state index in [4.69, 9.17) is 5.11 Å². The molecule has 2 heterocycles. The molecule has 0 aliphatic carbocycles. The van der Waals surface area contributed by atoms with Crippen LogP contribution in [-0.2, 0) is 4.79 Å². The summed E-state index contributed by atoms with van der Waals surface area (Å²) in [5, 5.41) is 15.2. The normalized spacial score (nSPS) is 26.6. The molecule has 1 amide bonds. The lowest BCUT2D eigenvalue weighted by atomic mass is 9.98. The average Bonchev–Trinajstić information content (AvgIpc) is 2.54. The highest BCUT2D eigenvalue weighted by Gasteiger charge is 2.16. The Morgan fingerprint density at radius 3 is 2.81 bits per heavy atom. The van der Waals surface area contributed by atoms with Gasteiger partial charge >= 0.3 is 0 Å². The van der Waals surface area contributed by atoms with Gasteiger partial charge in [-0.3, -0.25) is 4.79 Å². The number of hydrogen-bond acceptors (Lipinski definition) is 3. The van der Waals surface area contributed by atoms with Crippen LogP contribution in [0.25, 0.3) is 0 Å². The van der Waals surface area contributed by atoms with Crippen molar-refractivity contribution in [3.63, 3.8) is 0 Å². The van der Waals surface area contributed by atoms with E-state index in [9.17, 15) is 4.79 Å². The second kappa shape index (κ2) is 5.27. The first kappa shape index (κ1) is 11.4.